The fourth-order valence-electron chi connectivity index (χ4n) is 1.98. The molecule has 22 heavy (non-hydrogen) atoms. The lowest BCUT2D eigenvalue weighted by atomic mass is 10.1. The quantitative estimate of drug-likeness (QED) is 0.874. The number of amides is 1. The Bertz CT molecular complexity index is 515. The van der Waals surface area contributed by atoms with Gasteiger partial charge in [-0.25, -0.2) is 13.6 Å². The minimum atomic E-state index is -0.870. The van der Waals surface area contributed by atoms with Gasteiger partial charge in [0.05, 0.1) is 0 Å². The smallest absolute Gasteiger partial charge is 0.407 e. The third kappa shape index (κ3) is 5.97. The summed E-state index contributed by atoms with van der Waals surface area (Å²) < 4.78 is 32.0. The molecule has 2 unspecified atom stereocenters. The molecule has 0 saturated heterocycles. The van der Waals surface area contributed by atoms with E-state index in [1.807, 2.05) is 6.92 Å². The first-order chi connectivity index (χ1) is 10.1. The Labute approximate surface area is 130 Å². The molecule has 6 heteroatoms. The minimum Gasteiger partial charge on any atom is -0.444 e. The summed E-state index contributed by atoms with van der Waals surface area (Å²) in [4.78, 5) is 11.5. The van der Waals surface area contributed by atoms with Crippen molar-refractivity contribution in [3.05, 3.63) is 35.4 Å². The normalized spacial score (nSPS) is 14.3. The third-order valence-corrected chi connectivity index (χ3v) is 2.93. The van der Waals surface area contributed by atoms with Gasteiger partial charge >= 0.3 is 6.09 Å². The van der Waals surface area contributed by atoms with Crippen LogP contribution in [-0.4, -0.2) is 24.3 Å². The lowest BCUT2D eigenvalue weighted by Gasteiger charge is -2.23. The molecule has 0 saturated carbocycles. The van der Waals surface area contributed by atoms with E-state index in [0.29, 0.717) is 6.54 Å². The Morgan fingerprint density at radius 2 is 1.91 bits per heavy atom. The Hall–Kier alpha value is -1.69. The second kappa shape index (κ2) is 7.54. The van der Waals surface area contributed by atoms with Gasteiger partial charge in [-0.3, -0.25) is 0 Å². The summed E-state index contributed by atoms with van der Waals surface area (Å²) in [5, 5.41) is 5.74. The van der Waals surface area contributed by atoms with E-state index >= 15 is 0 Å². The molecule has 1 aromatic rings. The van der Waals surface area contributed by atoms with Crippen molar-refractivity contribution in [3.63, 3.8) is 0 Å². The molecule has 0 bridgehead atoms. The van der Waals surface area contributed by atoms with Gasteiger partial charge in [0.2, 0.25) is 0 Å². The maximum atomic E-state index is 13.7. The highest BCUT2D eigenvalue weighted by molar-refractivity contribution is 5.67. The molecule has 0 fully saturated rings. The van der Waals surface area contributed by atoms with Gasteiger partial charge in [-0.2, -0.15) is 0 Å². The Kier molecular flexibility index (Phi) is 6.29. The van der Waals surface area contributed by atoms with E-state index in [0.717, 1.165) is 6.07 Å². The zero-order chi connectivity index (χ0) is 16.9. The predicted molar refractivity (Wildman–Crippen MR) is 81.6 cm³/mol. The molecule has 0 aliphatic carbocycles. The Balaban J connectivity index is 2.49. The number of nitrogens with one attached hydrogen (secondary N) is 2. The molecule has 0 aliphatic heterocycles. The molecule has 1 aromatic carbocycles. The summed E-state index contributed by atoms with van der Waals surface area (Å²) >= 11 is 0. The van der Waals surface area contributed by atoms with Crippen LogP contribution in [0.1, 0.15) is 46.2 Å². The van der Waals surface area contributed by atoms with Crippen LogP contribution in [0.15, 0.2) is 18.2 Å². The SMILES string of the molecule is CC(CNC(=O)OC(C)(C)C)NC(C)c1cccc(F)c1F. The highest BCUT2D eigenvalue weighted by atomic mass is 19.2. The average Bonchev–Trinajstić information content (AvgIpc) is 2.37. The topological polar surface area (TPSA) is 50.4 Å². The number of hydrogen-bond donors (Lipinski definition) is 2. The molecular formula is C16H24F2N2O2. The number of benzene rings is 1. The lowest BCUT2D eigenvalue weighted by molar-refractivity contribution is 0.0522. The number of halogens is 2. The molecule has 0 heterocycles. The number of ether oxygens (including phenoxy) is 1. The number of hydrogen-bond acceptors (Lipinski definition) is 3. The fraction of sp³-hybridized carbons (Fsp3) is 0.562. The second-order valence-corrected chi connectivity index (χ2v) is 6.32. The van der Waals surface area contributed by atoms with Crippen LogP contribution in [0.2, 0.25) is 0 Å². The zero-order valence-electron chi connectivity index (χ0n) is 13.7. The maximum Gasteiger partial charge on any atom is 0.407 e. The molecule has 0 spiro atoms. The van der Waals surface area contributed by atoms with Gasteiger partial charge in [-0.05, 0) is 40.7 Å². The molecular weight excluding hydrogens is 290 g/mol. The van der Waals surface area contributed by atoms with E-state index in [9.17, 15) is 13.6 Å². The number of rotatable bonds is 5. The van der Waals surface area contributed by atoms with Crippen molar-refractivity contribution in [1.82, 2.24) is 10.6 Å². The van der Waals surface area contributed by atoms with Gasteiger partial charge in [0.25, 0.3) is 0 Å². The monoisotopic (exact) mass is 314 g/mol. The van der Waals surface area contributed by atoms with E-state index in [4.69, 9.17) is 4.74 Å². The van der Waals surface area contributed by atoms with Gasteiger partial charge in [-0.15, -0.1) is 0 Å². The lowest BCUT2D eigenvalue weighted by Crippen LogP contribution is -2.42. The van der Waals surface area contributed by atoms with Crippen LogP contribution in [0, 0.1) is 11.6 Å². The van der Waals surface area contributed by atoms with Gasteiger partial charge in [0.1, 0.15) is 5.60 Å². The van der Waals surface area contributed by atoms with Crippen molar-refractivity contribution in [1.29, 1.82) is 0 Å². The van der Waals surface area contributed by atoms with E-state index < -0.39 is 23.3 Å². The second-order valence-electron chi connectivity index (χ2n) is 6.32. The maximum absolute atomic E-state index is 13.7. The van der Waals surface area contributed by atoms with E-state index in [-0.39, 0.29) is 17.6 Å². The highest BCUT2D eigenvalue weighted by Gasteiger charge is 2.18. The van der Waals surface area contributed by atoms with Crippen LogP contribution in [0.25, 0.3) is 0 Å². The molecule has 1 amide bonds. The van der Waals surface area contributed by atoms with Gasteiger partial charge < -0.3 is 15.4 Å². The first-order valence-electron chi connectivity index (χ1n) is 7.27. The van der Waals surface area contributed by atoms with Crippen LogP contribution < -0.4 is 10.6 Å². The highest BCUT2D eigenvalue weighted by Crippen LogP contribution is 2.19. The molecule has 1 rings (SSSR count). The van der Waals surface area contributed by atoms with E-state index in [1.54, 1.807) is 27.7 Å². The standard InChI is InChI=1S/C16H24F2N2O2/c1-10(9-19-15(21)22-16(3,4)5)20-11(2)12-7-6-8-13(17)14(12)18/h6-8,10-11,20H,9H2,1-5H3,(H,19,21). The molecule has 2 N–H and O–H groups in total. The first kappa shape index (κ1) is 18.4. The van der Waals surface area contributed by atoms with E-state index in [1.165, 1.54) is 12.1 Å². The third-order valence-electron chi connectivity index (χ3n) is 2.93. The van der Waals surface area contributed by atoms with Gasteiger partial charge in [-0.1, -0.05) is 12.1 Å². The van der Waals surface area contributed by atoms with Crippen molar-refractivity contribution < 1.29 is 18.3 Å². The van der Waals surface area contributed by atoms with Gasteiger partial charge in [0, 0.05) is 24.2 Å². The van der Waals surface area contributed by atoms with Crippen molar-refractivity contribution in [3.8, 4) is 0 Å². The summed E-state index contributed by atoms with van der Waals surface area (Å²) in [6.07, 6.45) is -0.509. The van der Waals surface area contributed by atoms with Crippen molar-refractivity contribution in [2.45, 2.75) is 52.3 Å². The Morgan fingerprint density at radius 1 is 1.27 bits per heavy atom. The van der Waals surface area contributed by atoms with Crippen LogP contribution in [0.3, 0.4) is 0 Å². The predicted octanol–water partition coefficient (Wildman–Crippen LogP) is 3.53. The van der Waals surface area contributed by atoms with Crippen LogP contribution >= 0.6 is 0 Å². The fourth-order valence-corrected chi connectivity index (χ4v) is 1.98. The first-order valence-corrected chi connectivity index (χ1v) is 7.27. The Morgan fingerprint density at radius 3 is 2.50 bits per heavy atom. The van der Waals surface area contributed by atoms with E-state index in [2.05, 4.69) is 10.6 Å². The zero-order valence-corrected chi connectivity index (χ0v) is 13.7. The van der Waals surface area contributed by atoms with Crippen molar-refractivity contribution >= 4 is 6.09 Å². The molecule has 4 nitrogen and oxygen atoms in total. The summed E-state index contributed by atoms with van der Waals surface area (Å²) in [5.41, 5.74) is -0.303. The number of carbonyl (C=O) groups is 1. The molecule has 0 aromatic heterocycles. The van der Waals surface area contributed by atoms with Crippen LogP contribution in [-0.2, 0) is 4.74 Å². The largest absolute Gasteiger partial charge is 0.444 e. The molecule has 124 valence electrons. The molecule has 0 radical (unpaired) electrons. The summed E-state index contributed by atoms with van der Waals surface area (Å²) in [5.74, 6) is -1.72. The van der Waals surface area contributed by atoms with Crippen LogP contribution in [0.5, 0.6) is 0 Å². The van der Waals surface area contributed by atoms with Gasteiger partial charge in [0.15, 0.2) is 11.6 Å². The summed E-state index contributed by atoms with van der Waals surface area (Å²) in [6.45, 7) is 9.23. The van der Waals surface area contributed by atoms with Crippen LogP contribution in [0.4, 0.5) is 13.6 Å². The van der Waals surface area contributed by atoms with Crippen molar-refractivity contribution in [2.24, 2.45) is 0 Å². The summed E-state index contributed by atoms with van der Waals surface area (Å²) in [7, 11) is 0. The molecule has 0 aliphatic rings. The van der Waals surface area contributed by atoms with Crippen molar-refractivity contribution in [2.75, 3.05) is 6.54 Å². The number of alkyl carbamates (subject to hydrolysis) is 1. The molecule has 2 atom stereocenters. The summed E-state index contributed by atoms with van der Waals surface area (Å²) in [6, 6.07) is 3.56. The number of carbonyl (C=O) groups excluding carboxylic acids is 1. The minimum absolute atomic E-state index is 0.134. The average molecular weight is 314 g/mol.